The summed E-state index contributed by atoms with van der Waals surface area (Å²) in [5.41, 5.74) is 4.03. The first-order valence-electron chi connectivity index (χ1n) is 6.07. The number of benzene rings is 1. The van der Waals surface area contributed by atoms with E-state index in [9.17, 15) is 4.79 Å². The van der Waals surface area contributed by atoms with Crippen LogP contribution < -0.4 is 5.32 Å². The number of aryl methyl sites for hydroxylation is 3. The van der Waals surface area contributed by atoms with Crippen LogP contribution >= 0.6 is 27.3 Å². The first kappa shape index (κ1) is 14.3. The molecular formula is C15H16BrNOS. The highest BCUT2D eigenvalue weighted by atomic mass is 79.9. The normalized spacial score (nSPS) is 10.5. The fraction of sp³-hybridized carbons (Fsp3) is 0.267. The van der Waals surface area contributed by atoms with Gasteiger partial charge in [0.2, 0.25) is 0 Å². The Balaban J connectivity index is 2.15. The predicted octanol–water partition coefficient (Wildman–Crippen LogP) is 4.37. The third kappa shape index (κ3) is 3.25. The zero-order valence-electron chi connectivity index (χ0n) is 11.2. The first-order valence-corrected chi connectivity index (χ1v) is 7.74. The van der Waals surface area contributed by atoms with Gasteiger partial charge in [-0.3, -0.25) is 4.79 Å². The Morgan fingerprint density at radius 1 is 1.26 bits per heavy atom. The van der Waals surface area contributed by atoms with Crippen LogP contribution in [0.25, 0.3) is 0 Å². The van der Waals surface area contributed by atoms with Crippen molar-refractivity contribution in [1.82, 2.24) is 5.32 Å². The zero-order valence-corrected chi connectivity index (χ0v) is 13.6. The van der Waals surface area contributed by atoms with Crippen molar-refractivity contribution in [2.45, 2.75) is 27.3 Å². The fourth-order valence-electron chi connectivity index (χ4n) is 2.24. The number of thiophene rings is 1. The number of hydrogen-bond donors (Lipinski definition) is 1. The van der Waals surface area contributed by atoms with Crippen LogP contribution in [0.2, 0.25) is 0 Å². The van der Waals surface area contributed by atoms with Crippen molar-refractivity contribution < 1.29 is 4.79 Å². The highest BCUT2D eigenvalue weighted by Gasteiger charge is 2.13. The van der Waals surface area contributed by atoms with E-state index >= 15 is 0 Å². The van der Waals surface area contributed by atoms with Crippen molar-refractivity contribution >= 4 is 33.2 Å². The molecule has 1 N–H and O–H groups in total. The van der Waals surface area contributed by atoms with Crippen LogP contribution in [-0.2, 0) is 6.54 Å². The number of carbonyl (C=O) groups excluding carboxylic acids is 1. The summed E-state index contributed by atoms with van der Waals surface area (Å²) >= 11 is 5.11. The van der Waals surface area contributed by atoms with Crippen LogP contribution in [0.5, 0.6) is 0 Å². The Morgan fingerprint density at radius 3 is 2.42 bits per heavy atom. The lowest BCUT2D eigenvalue weighted by atomic mass is 9.99. The van der Waals surface area contributed by atoms with E-state index in [4.69, 9.17) is 0 Å². The van der Waals surface area contributed by atoms with Crippen LogP contribution in [-0.4, -0.2) is 5.91 Å². The molecule has 0 aliphatic carbocycles. The quantitative estimate of drug-likeness (QED) is 0.885. The average molecular weight is 338 g/mol. The summed E-state index contributed by atoms with van der Waals surface area (Å²) in [7, 11) is 0. The highest BCUT2D eigenvalue weighted by molar-refractivity contribution is 9.10. The van der Waals surface area contributed by atoms with Crippen molar-refractivity contribution in [3.05, 3.63) is 55.2 Å². The van der Waals surface area contributed by atoms with Crippen molar-refractivity contribution in [1.29, 1.82) is 0 Å². The van der Waals surface area contributed by atoms with Gasteiger partial charge in [-0.05, 0) is 59.3 Å². The van der Waals surface area contributed by atoms with E-state index in [2.05, 4.69) is 21.2 Å². The predicted molar refractivity (Wildman–Crippen MR) is 83.8 cm³/mol. The van der Waals surface area contributed by atoms with E-state index < -0.39 is 0 Å². The molecule has 0 bridgehead atoms. The molecule has 1 aromatic heterocycles. The Bertz CT molecular complexity index is 595. The minimum absolute atomic E-state index is 0.00435. The standard InChI is InChI=1S/C15H16BrNOS/c1-9-6-10(2)14(11(3)7-9)15(18)17-8-13-12(16)4-5-19-13/h4-7H,8H2,1-3H3,(H,17,18). The summed E-state index contributed by atoms with van der Waals surface area (Å²) in [4.78, 5) is 13.4. The van der Waals surface area contributed by atoms with Gasteiger partial charge in [0.05, 0.1) is 6.54 Å². The van der Waals surface area contributed by atoms with Crippen LogP contribution in [0.1, 0.15) is 31.9 Å². The molecule has 2 rings (SSSR count). The smallest absolute Gasteiger partial charge is 0.252 e. The molecule has 0 spiro atoms. The highest BCUT2D eigenvalue weighted by Crippen LogP contribution is 2.22. The molecule has 0 aliphatic heterocycles. The maximum absolute atomic E-state index is 12.3. The molecule has 0 unspecified atom stereocenters. The van der Waals surface area contributed by atoms with Crippen LogP contribution in [0.15, 0.2) is 28.1 Å². The number of carbonyl (C=O) groups is 1. The number of hydrogen-bond acceptors (Lipinski definition) is 2. The van der Waals surface area contributed by atoms with Gasteiger partial charge in [-0.15, -0.1) is 11.3 Å². The van der Waals surface area contributed by atoms with Crippen molar-refractivity contribution in [2.75, 3.05) is 0 Å². The molecule has 1 aromatic carbocycles. The van der Waals surface area contributed by atoms with E-state index in [-0.39, 0.29) is 5.91 Å². The number of amides is 1. The van der Waals surface area contributed by atoms with Gasteiger partial charge in [-0.2, -0.15) is 0 Å². The second kappa shape index (κ2) is 5.88. The number of rotatable bonds is 3. The lowest BCUT2D eigenvalue weighted by molar-refractivity contribution is 0.0950. The lowest BCUT2D eigenvalue weighted by Gasteiger charge is -2.11. The van der Waals surface area contributed by atoms with Crippen LogP contribution in [0.3, 0.4) is 0 Å². The van der Waals surface area contributed by atoms with Crippen molar-refractivity contribution in [3.63, 3.8) is 0 Å². The summed E-state index contributed by atoms with van der Waals surface area (Å²) < 4.78 is 1.05. The largest absolute Gasteiger partial charge is 0.347 e. The summed E-state index contributed by atoms with van der Waals surface area (Å²) in [5, 5.41) is 4.99. The first-order chi connectivity index (χ1) is 8.99. The molecule has 19 heavy (non-hydrogen) atoms. The van der Waals surface area contributed by atoms with Gasteiger partial charge in [0, 0.05) is 14.9 Å². The van der Waals surface area contributed by atoms with Gasteiger partial charge in [-0.25, -0.2) is 0 Å². The average Bonchev–Trinajstić information content (AvgIpc) is 2.70. The SMILES string of the molecule is Cc1cc(C)c(C(=O)NCc2sccc2Br)c(C)c1. The van der Waals surface area contributed by atoms with Gasteiger partial charge in [0.15, 0.2) is 0 Å². The maximum atomic E-state index is 12.3. The third-order valence-electron chi connectivity index (χ3n) is 3.00. The Labute approximate surface area is 126 Å². The molecule has 0 saturated carbocycles. The fourth-order valence-corrected chi connectivity index (χ4v) is 3.67. The lowest BCUT2D eigenvalue weighted by Crippen LogP contribution is -2.24. The summed E-state index contributed by atoms with van der Waals surface area (Å²) in [6, 6.07) is 6.08. The minimum Gasteiger partial charge on any atom is -0.347 e. The molecule has 1 amide bonds. The third-order valence-corrected chi connectivity index (χ3v) is 4.93. The number of nitrogens with one attached hydrogen (secondary N) is 1. The summed E-state index contributed by atoms with van der Waals surface area (Å²) in [6.07, 6.45) is 0. The monoisotopic (exact) mass is 337 g/mol. The van der Waals surface area contributed by atoms with Crippen LogP contribution in [0, 0.1) is 20.8 Å². The minimum atomic E-state index is -0.00435. The van der Waals surface area contributed by atoms with Gasteiger partial charge < -0.3 is 5.32 Å². The molecule has 0 aliphatic rings. The summed E-state index contributed by atoms with van der Waals surface area (Å²) in [5.74, 6) is -0.00435. The van der Waals surface area contributed by atoms with Crippen molar-refractivity contribution in [2.24, 2.45) is 0 Å². The Hall–Kier alpha value is -1.13. The van der Waals surface area contributed by atoms with E-state index in [1.54, 1.807) is 11.3 Å². The van der Waals surface area contributed by atoms with Gasteiger partial charge >= 0.3 is 0 Å². The van der Waals surface area contributed by atoms with Gasteiger partial charge in [0.25, 0.3) is 5.91 Å². The molecule has 2 aromatic rings. The molecule has 2 nitrogen and oxygen atoms in total. The van der Waals surface area contributed by atoms with E-state index in [0.29, 0.717) is 6.54 Å². The van der Waals surface area contributed by atoms with Gasteiger partial charge in [-0.1, -0.05) is 17.7 Å². The second-order valence-electron chi connectivity index (χ2n) is 4.65. The van der Waals surface area contributed by atoms with E-state index in [0.717, 1.165) is 26.0 Å². The molecule has 100 valence electrons. The van der Waals surface area contributed by atoms with E-state index in [1.807, 2.05) is 44.4 Å². The zero-order chi connectivity index (χ0) is 14.0. The van der Waals surface area contributed by atoms with Crippen molar-refractivity contribution in [3.8, 4) is 0 Å². The van der Waals surface area contributed by atoms with E-state index in [1.165, 1.54) is 5.56 Å². The maximum Gasteiger partial charge on any atom is 0.252 e. The Kier molecular flexibility index (Phi) is 4.42. The second-order valence-corrected chi connectivity index (χ2v) is 6.50. The number of halogens is 1. The van der Waals surface area contributed by atoms with Gasteiger partial charge in [0.1, 0.15) is 0 Å². The molecule has 1 heterocycles. The molecular weight excluding hydrogens is 322 g/mol. The van der Waals surface area contributed by atoms with Crippen LogP contribution in [0.4, 0.5) is 0 Å². The summed E-state index contributed by atoms with van der Waals surface area (Å²) in [6.45, 7) is 6.57. The molecule has 0 fully saturated rings. The topological polar surface area (TPSA) is 29.1 Å². The molecule has 0 atom stereocenters. The molecule has 4 heteroatoms. The molecule has 0 radical (unpaired) electrons. The Morgan fingerprint density at radius 2 is 1.89 bits per heavy atom. The molecule has 0 saturated heterocycles.